The third-order valence-electron chi connectivity index (χ3n) is 4.63. The van der Waals surface area contributed by atoms with Crippen molar-refractivity contribution in [3.63, 3.8) is 0 Å². The molecule has 1 saturated heterocycles. The van der Waals surface area contributed by atoms with Crippen LogP contribution < -0.4 is 5.32 Å². The van der Waals surface area contributed by atoms with E-state index < -0.39 is 15.9 Å². The Morgan fingerprint density at radius 1 is 1.19 bits per heavy atom. The molecule has 1 heterocycles. The van der Waals surface area contributed by atoms with E-state index in [0.29, 0.717) is 35.1 Å². The number of piperidine rings is 1. The van der Waals surface area contributed by atoms with Gasteiger partial charge in [-0.15, -0.1) is 0 Å². The Morgan fingerprint density at radius 3 is 2.67 bits per heavy atom. The molecule has 2 aromatic rings. The van der Waals surface area contributed by atoms with Crippen molar-refractivity contribution in [3.05, 3.63) is 58.1 Å². The molecule has 27 heavy (non-hydrogen) atoms. The second-order valence-corrected chi connectivity index (χ2v) is 9.39. The second-order valence-electron chi connectivity index (χ2n) is 6.61. The lowest BCUT2D eigenvalue weighted by molar-refractivity contribution is -0.120. The summed E-state index contributed by atoms with van der Waals surface area (Å²) >= 11 is 12.0. The molecule has 0 spiro atoms. The zero-order chi connectivity index (χ0) is 19.6. The summed E-state index contributed by atoms with van der Waals surface area (Å²) in [6.45, 7) is 2.34. The third-order valence-corrected chi connectivity index (χ3v) is 7.13. The van der Waals surface area contributed by atoms with E-state index in [1.807, 2.05) is 6.92 Å². The Hall–Kier alpha value is -1.60. The second kappa shape index (κ2) is 8.19. The van der Waals surface area contributed by atoms with E-state index in [4.69, 9.17) is 23.2 Å². The number of hydrogen-bond donors (Lipinski definition) is 1. The Balaban J connectivity index is 1.74. The molecule has 1 unspecified atom stereocenters. The van der Waals surface area contributed by atoms with Gasteiger partial charge in [-0.05, 0) is 55.7 Å². The van der Waals surface area contributed by atoms with E-state index >= 15 is 0 Å². The zero-order valence-electron chi connectivity index (χ0n) is 14.8. The maximum absolute atomic E-state index is 12.9. The van der Waals surface area contributed by atoms with Gasteiger partial charge in [-0.25, -0.2) is 8.42 Å². The van der Waals surface area contributed by atoms with Crippen LogP contribution in [-0.2, 0) is 14.8 Å². The van der Waals surface area contributed by atoms with E-state index in [9.17, 15) is 13.2 Å². The Labute approximate surface area is 169 Å². The molecule has 1 amide bonds. The molecule has 1 fully saturated rings. The van der Waals surface area contributed by atoms with Crippen molar-refractivity contribution in [3.8, 4) is 0 Å². The number of carbonyl (C=O) groups is 1. The lowest BCUT2D eigenvalue weighted by Gasteiger charge is -2.31. The fourth-order valence-electron chi connectivity index (χ4n) is 3.07. The number of rotatable bonds is 4. The smallest absolute Gasteiger partial charge is 0.243 e. The van der Waals surface area contributed by atoms with Crippen LogP contribution in [0.2, 0.25) is 10.0 Å². The van der Waals surface area contributed by atoms with E-state index in [1.165, 1.54) is 10.4 Å². The van der Waals surface area contributed by atoms with Gasteiger partial charge in [0.2, 0.25) is 15.9 Å². The molecule has 0 bridgehead atoms. The number of sulfonamides is 1. The number of anilines is 1. The lowest BCUT2D eigenvalue weighted by atomic mass is 9.99. The van der Waals surface area contributed by atoms with Gasteiger partial charge in [0.05, 0.1) is 10.8 Å². The van der Waals surface area contributed by atoms with Gasteiger partial charge in [0, 0.05) is 28.8 Å². The molecular weight excluding hydrogens is 407 g/mol. The summed E-state index contributed by atoms with van der Waals surface area (Å²) in [5, 5.41) is 3.75. The lowest BCUT2D eigenvalue weighted by Crippen LogP contribution is -2.43. The fourth-order valence-corrected chi connectivity index (χ4v) is 5.05. The quantitative estimate of drug-likeness (QED) is 0.790. The van der Waals surface area contributed by atoms with Gasteiger partial charge >= 0.3 is 0 Å². The summed E-state index contributed by atoms with van der Waals surface area (Å²) < 4.78 is 27.2. The predicted molar refractivity (Wildman–Crippen MR) is 108 cm³/mol. The number of nitrogens with one attached hydrogen (secondary N) is 1. The maximum Gasteiger partial charge on any atom is 0.243 e. The monoisotopic (exact) mass is 426 g/mol. The van der Waals surface area contributed by atoms with Crippen LogP contribution in [0.3, 0.4) is 0 Å². The van der Waals surface area contributed by atoms with Crippen molar-refractivity contribution in [2.75, 3.05) is 18.4 Å². The van der Waals surface area contributed by atoms with Crippen LogP contribution >= 0.6 is 23.2 Å². The summed E-state index contributed by atoms with van der Waals surface area (Å²) in [6.07, 6.45) is 1.25. The normalized spacial score (nSPS) is 18.3. The van der Waals surface area contributed by atoms with Crippen LogP contribution in [0.5, 0.6) is 0 Å². The van der Waals surface area contributed by atoms with Crippen LogP contribution in [0.1, 0.15) is 18.4 Å². The number of hydrogen-bond acceptors (Lipinski definition) is 3. The summed E-state index contributed by atoms with van der Waals surface area (Å²) in [7, 11) is -3.70. The van der Waals surface area contributed by atoms with Crippen molar-refractivity contribution >= 4 is 44.8 Å². The highest BCUT2D eigenvalue weighted by Gasteiger charge is 2.33. The minimum absolute atomic E-state index is 0.139. The van der Waals surface area contributed by atoms with Crippen LogP contribution in [-0.4, -0.2) is 31.7 Å². The van der Waals surface area contributed by atoms with Gasteiger partial charge in [0.1, 0.15) is 0 Å². The SMILES string of the molecule is Cc1ccc(S(=O)(=O)N2CCCC(C(=O)Nc3cccc(Cl)c3)C2)cc1Cl. The molecular formula is C19H20Cl2N2O3S. The molecule has 144 valence electrons. The first-order chi connectivity index (χ1) is 12.8. The van der Waals surface area contributed by atoms with Gasteiger partial charge in [0.15, 0.2) is 0 Å². The third kappa shape index (κ3) is 4.63. The summed E-state index contributed by atoms with van der Waals surface area (Å²) in [5.74, 6) is -0.632. The van der Waals surface area contributed by atoms with Gasteiger partial charge < -0.3 is 5.32 Å². The summed E-state index contributed by atoms with van der Waals surface area (Å²) in [4.78, 5) is 12.7. The predicted octanol–water partition coefficient (Wildman–Crippen LogP) is 4.34. The summed E-state index contributed by atoms with van der Waals surface area (Å²) in [6, 6.07) is 11.6. The fraction of sp³-hybridized carbons (Fsp3) is 0.316. The highest BCUT2D eigenvalue weighted by Crippen LogP contribution is 2.27. The number of carbonyl (C=O) groups excluding carboxylic acids is 1. The van der Waals surface area contributed by atoms with Gasteiger partial charge in [-0.2, -0.15) is 4.31 Å². The van der Waals surface area contributed by atoms with E-state index in [2.05, 4.69) is 5.32 Å². The molecule has 8 heteroatoms. The average molecular weight is 427 g/mol. The standard InChI is InChI=1S/C19H20Cl2N2O3S/c1-13-7-8-17(11-18(13)21)27(25,26)23-9-3-4-14(12-23)19(24)22-16-6-2-5-15(20)10-16/h2,5-8,10-11,14H,3-4,9,12H2,1H3,(H,22,24). The average Bonchev–Trinajstić information content (AvgIpc) is 2.64. The molecule has 1 aliphatic rings. The van der Waals surface area contributed by atoms with Crippen molar-refractivity contribution in [2.24, 2.45) is 5.92 Å². The number of amides is 1. The molecule has 1 atom stereocenters. The van der Waals surface area contributed by atoms with Crippen molar-refractivity contribution in [1.29, 1.82) is 0 Å². The van der Waals surface area contributed by atoms with E-state index in [-0.39, 0.29) is 17.3 Å². The highest BCUT2D eigenvalue weighted by molar-refractivity contribution is 7.89. The molecule has 1 N–H and O–H groups in total. The number of aryl methyl sites for hydroxylation is 1. The first-order valence-electron chi connectivity index (χ1n) is 8.60. The van der Waals surface area contributed by atoms with E-state index in [0.717, 1.165) is 5.56 Å². The van der Waals surface area contributed by atoms with Gasteiger partial charge in [-0.1, -0.05) is 35.3 Å². The van der Waals surface area contributed by atoms with Crippen LogP contribution in [0.15, 0.2) is 47.4 Å². The Kier molecular flexibility index (Phi) is 6.11. The molecule has 0 aromatic heterocycles. The van der Waals surface area contributed by atoms with Crippen molar-refractivity contribution in [1.82, 2.24) is 4.31 Å². The maximum atomic E-state index is 12.9. The topological polar surface area (TPSA) is 66.5 Å². The summed E-state index contributed by atoms with van der Waals surface area (Å²) in [5.41, 5.74) is 1.41. The minimum atomic E-state index is -3.70. The first-order valence-corrected chi connectivity index (χ1v) is 10.8. The van der Waals surface area contributed by atoms with Crippen LogP contribution in [0.25, 0.3) is 0 Å². The molecule has 3 rings (SSSR count). The zero-order valence-corrected chi connectivity index (χ0v) is 17.1. The molecule has 1 aliphatic heterocycles. The molecule has 2 aromatic carbocycles. The highest BCUT2D eigenvalue weighted by atomic mass is 35.5. The van der Waals surface area contributed by atoms with Crippen molar-refractivity contribution in [2.45, 2.75) is 24.7 Å². The Bertz CT molecular complexity index is 963. The molecule has 0 radical (unpaired) electrons. The Morgan fingerprint density at radius 2 is 1.96 bits per heavy atom. The number of nitrogens with zero attached hydrogens (tertiary/aromatic N) is 1. The molecule has 0 saturated carbocycles. The van der Waals surface area contributed by atoms with Crippen LogP contribution in [0, 0.1) is 12.8 Å². The largest absolute Gasteiger partial charge is 0.326 e. The number of benzene rings is 2. The van der Waals surface area contributed by atoms with Gasteiger partial charge in [0.25, 0.3) is 0 Å². The van der Waals surface area contributed by atoms with Gasteiger partial charge in [-0.3, -0.25) is 4.79 Å². The minimum Gasteiger partial charge on any atom is -0.326 e. The molecule has 0 aliphatic carbocycles. The van der Waals surface area contributed by atoms with E-state index in [1.54, 1.807) is 36.4 Å². The number of halogens is 2. The van der Waals surface area contributed by atoms with Crippen molar-refractivity contribution < 1.29 is 13.2 Å². The molecule has 5 nitrogen and oxygen atoms in total. The first kappa shape index (κ1) is 20.1. The van der Waals surface area contributed by atoms with Crippen LogP contribution in [0.4, 0.5) is 5.69 Å².